The SMILES string of the molecule is COc1ccc2[nH]cc(C3(C(=O)N4CCN(Cc5ccccc5)CC4)CC3)c2c1. The van der Waals surface area contributed by atoms with E-state index >= 15 is 0 Å². The van der Waals surface area contributed by atoms with E-state index in [1.807, 2.05) is 24.4 Å². The van der Waals surface area contributed by atoms with Crippen molar-refractivity contribution >= 4 is 16.8 Å². The van der Waals surface area contributed by atoms with Gasteiger partial charge in [-0.05, 0) is 42.2 Å². The van der Waals surface area contributed by atoms with Gasteiger partial charge in [0.2, 0.25) is 5.91 Å². The third-order valence-electron chi connectivity index (χ3n) is 6.47. The zero-order valence-electron chi connectivity index (χ0n) is 16.9. The maximum atomic E-state index is 13.5. The average molecular weight is 389 g/mol. The number of nitrogens with one attached hydrogen (secondary N) is 1. The Morgan fingerprint density at radius 3 is 2.52 bits per heavy atom. The van der Waals surface area contributed by atoms with E-state index in [1.165, 1.54) is 5.56 Å². The zero-order valence-corrected chi connectivity index (χ0v) is 16.9. The van der Waals surface area contributed by atoms with Crippen molar-refractivity contribution in [2.45, 2.75) is 24.8 Å². The Balaban J connectivity index is 1.30. The van der Waals surface area contributed by atoms with Crippen LogP contribution in [0.2, 0.25) is 0 Å². The predicted molar refractivity (Wildman–Crippen MR) is 114 cm³/mol. The molecule has 0 spiro atoms. The van der Waals surface area contributed by atoms with Gasteiger partial charge in [0.1, 0.15) is 5.75 Å². The molecule has 5 heteroatoms. The molecular formula is C24H27N3O2. The van der Waals surface area contributed by atoms with Gasteiger partial charge in [0, 0.05) is 49.8 Å². The molecule has 1 saturated carbocycles. The largest absolute Gasteiger partial charge is 0.497 e. The lowest BCUT2D eigenvalue weighted by Gasteiger charge is -2.36. The first-order valence-corrected chi connectivity index (χ1v) is 10.4. The lowest BCUT2D eigenvalue weighted by Crippen LogP contribution is -2.51. The summed E-state index contributed by atoms with van der Waals surface area (Å²) in [5.41, 5.74) is 3.17. The average Bonchev–Trinajstić information content (AvgIpc) is 3.47. The van der Waals surface area contributed by atoms with Crippen molar-refractivity contribution in [2.75, 3.05) is 33.3 Å². The molecule has 3 aromatic rings. The number of benzene rings is 2. The Morgan fingerprint density at radius 1 is 1.07 bits per heavy atom. The number of aromatic amines is 1. The number of ether oxygens (including phenoxy) is 1. The maximum absolute atomic E-state index is 13.5. The molecule has 2 aromatic carbocycles. The van der Waals surface area contributed by atoms with Crippen LogP contribution < -0.4 is 4.74 Å². The number of fused-ring (bicyclic) bond motifs is 1. The quantitative estimate of drug-likeness (QED) is 0.726. The van der Waals surface area contributed by atoms with Crippen LogP contribution in [-0.2, 0) is 16.8 Å². The van der Waals surface area contributed by atoms with E-state index in [1.54, 1.807) is 7.11 Å². The first-order chi connectivity index (χ1) is 14.2. The van der Waals surface area contributed by atoms with Crippen LogP contribution >= 0.6 is 0 Å². The van der Waals surface area contributed by atoms with Gasteiger partial charge in [-0.2, -0.15) is 0 Å². The van der Waals surface area contributed by atoms with Crippen molar-refractivity contribution < 1.29 is 9.53 Å². The highest BCUT2D eigenvalue weighted by molar-refractivity contribution is 5.98. The molecule has 1 saturated heterocycles. The number of carbonyl (C=O) groups excluding carboxylic acids is 1. The Labute approximate surface area is 171 Å². The van der Waals surface area contributed by atoms with Crippen LogP contribution in [0.15, 0.2) is 54.7 Å². The molecule has 0 bridgehead atoms. The van der Waals surface area contributed by atoms with E-state index in [2.05, 4.69) is 45.1 Å². The van der Waals surface area contributed by atoms with E-state index in [9.17, 15) is 4.79 Å². The van der Waals surface area contributed by atoms with Crippen LogP contribution in [0.25, 0.3) is 10.9 Å². The predicted octanol–water partition coefficient (Wildman–Crippen LogP) is 3.55. The summed E-state index contributed by atoms with van der Waals surface area (Å²) in [6.45, 7) is 4.42. The van der Waals surface area contributed by atoms with Gasteiger partial charge in [0.15, 0.2) is 0 Å². The number of carbonyl (C=O) groups is 1. The second-order valence-electron chi connectivity index (χ2n) is 8.25. The molecule has 1 aliphatic carbocycles. The molecule has 0 radical (unpaired) electrons. The minimum atomic E-state index is -0.355. The number of H-pyrrole nitrogens is 1. The molecule has 0 atom stereocenters. The number of rotatable bonds is 5. The Hall–Kier alpha value is -2.79. The molecule has 1 amide bonds. The highest BCUT2D eigenvalue weighted by atomic mass is 16.5. The topological polar surface area (TPSA) is 48.6 Å². The lowest BCUT2D eigenvalue weighted by molar-refractivity contribution is -0.135. The molecular weight excluding hydrogens is 362 g/mol. The van der Waals surface area contributed by atoms with E-state index in [4.69, 9.17) is 4.74 Å². The monoisotopic (exact) mass is 389 g/mol. The number of methoxy groups -OCH3 is 1. The van der Waals surface area contributed by atoms with Gasteiger partial charge in [-0.15, -0.1) is 0 Å². The highest BCUT2D eigenvalue weighted by Gasteiger charge is 2.54. The highest BCUT2D eigenvalue weighted by Crippen LogP contribution is 2.52. The van der Waals surface area contributed by atoms with Gasteiger partial charge in [-0.25, -0.2) is 0 Å². The second kappa shape index (κ2) is 7.23. The van der Waals surface area contributed by atoms with Crippen LogP contribution in [0.4, 0.5) is 0 Å². The van der Waals surface area contributed by atoms with Crippen molar-refractivity contribution in [3.05, 3.63) is 65.9 Å². The summed E-state index contributed by atoms with van der Waals surface area (Å²) in [7, 11) is 1.68. The molecule has 1 aromatic heterocycles. The number of nitrogens with zero attached hydrogens (tertiary/aromatic N) is 2. The standard InChI is InChI=1S/C24H27N3O2/c1-29-19-7-8-22-20(15-19)21(16-25-22)24(9-10-24)23(28)27-13-11-26(12-14-27)17-18-5-3-2-4-6-18/h2-8,15-16,25H,9-14,17H2,1H3. The van der Waals surface area contributed by atoms with Gasteiger partial charge in [0.25, 0.3) is 0 Å². The summed E-state index contributed by atoms with van der Waals surface area (Å²) in [6, 6.07) is 16.6. The molecule has 2 fully saturated rings. The van der Waals surface area contributed by atoms with Crippen LogP contribution in [0, 0.1) is 0 Å². The van der Waals surface area contributed by atoms with Gasteiger partial charge in [0.05, 0.1) is 12.5 Å². The number of piperazine rings is 1. The Kier molecular flexibility index (Phi) is 4.55. The van der Waals surface area contributed by atoms with Crippen molar-refractivity contribution in [3.63, 3.8) is 0 Å². The summed E-state index contributed by atoms with van der Waals surface area (Å²) < 4.78 is 5.40. The summed E-state index contributed by atoms with van der Waals surface area (Å²) in [6.07, 6.45) is 3.89. The van der Waals surface area contributed by atoms with Gasteiger partial charge >= 0.3 is 0 Å². The fourth-order valence-corrected chi connectivity index (χ4v) is 4.60. The number of amides is 1. The van der Waals surface area contributed by atoms with Crippen LogP contribution in [0.3, 0.4) is 0 Å². The first kappa shape index (κ1) is 18.3. The van der Waals surface area contributed by atoms with E-state index in [0.29, 0.717) is 5.91 Å². The zero-order chi connectivity index (χ0) is 19.8. The minimum Gasteiger partial charge on any atom is -0.497 e. The van der Waals surface area contributed by atoms with Gasteiger partial charge < -0.3 is 14.6 Å². The normalized spacial score (nSPS) is 18.7. The Bertz CT molecular complexity index is 1020. The fraction of sp³-hybridized carbons (Fsp3) is 0.375. The van der Waals surface area contributed by atoms with Crippen molar-refractivity contribution in [2.24, 2.45) is 0 Å². The van der Waals surface area contributed by atoms with E-state index in [0.717, 1.165) is 67.8 Å². The van der Waals surface area contributed by atoms with E-state index in [-0.39, 0.29) is 5.41 Å². The van der Waals surface area contributed by atoms with Crippen molar-refractivity contribution in [1.29, 1.82) is 0 Å². The summed E-state index contributed by atoms with van der Waals surface area (Å²) >= 11 is 0. The lowest BCUT2D eigenvalue weighted by atomic mass is 9.93. The molecule has 5 rings (SSSR count). The molecule has 2 aliphatic rings. The minimum absolute atomic E-state index is 0.292. The molecule has 0 unspecified atom stereocenters. The second-order valence-corrected chi connectivity index (χ2v) is 8.25. The third kappa shape index (κ3) is 3.29. The van der Waals surface area contributed by atoms with Crippen LogP contribution in [0.5, 0.6) is 5.75 Å². The smallest absolute Gasteiger partial charge is 0.233 e. The number of aromatic nitrogens is 1. The van der Waals surface area contributed by atoms with Gasteiger partial charge in [-0.1, -0.05) is 30.3 Å². The Morgan fingerprint density at radius 2 is 1.83 bits per heavy atom. The van der Waals surface area contributed by atoms with Crippen molar-refractivity contribution in [1.82, 2.24) is 14.8 Å². The third-order valence-corrected chi connectivity index (χ3v) is 6.47. The van der Waals surface area contributed by atoms with Crippen molar-refractivity contribution in [3.8, 4) is 5.75 Å². The van der Waals surface area contributed by atoms with E-state index < -0.39 is 0 Å². The van der Waals surface area contributed by atoms with Crippen LogP contribution in [-0.4, -0.2) is 54.0 Å². The summed E-state index contributed by atoms with van der Waals surface area (Å²) in [5, 5.41) is 1.11. The van der Waals surface area contributed by atoms with Gasteiger partial charge in [-0.3, -0.25) is 9.69 Å². The maximum Gasteiger partial charge on any atom is 0.233 e. The molecule has 29 heavy (non-hydrogen) atoms. The molecule has 1 N–H and O–H groups in total. The molecule has 150 valence electrons. The molecule has 2 heterocycles. The fourth-order valence-electron chi connectivity index (χ4n) is 4.60. The summed E-state index contributed by atoms with van der Waals surface area (Å²) in [5.74, 6) is 1.12. The molecule has 5 nitrogen and oxygen atoms in total. The first-order valence-electron chi connectivity index (χ1n) is 10.4. The molecule has 1 aliphatic heterocycles. The number of hydrogen-bond donors (Lipinski definition) is 1. The number of hydrogen-bond acceptors (Lipinski definition) is 3. The van der Waals surface area contributed by atoms with Crippen LogP contribution in [0.1, 0.15) is 24.0 Å². The summed E-state index contributed by atoms with van der Waals surface area (Å²) in [4.78, 5) is 21.4.